The maximum Gasteiger partial charge on any atom is 0.0557 e. The van der Waals surface area contributed by atoms with E-state index in [4.69, 9.17) is 0 Å². The summed E-state index contributed by atoms with van der Waals surface area (Å²) in [5.41, 5.74) is 13.5. The Morgan fingerprint density at radius 1 is 0.678 bits per heavy atom. The van der Waals surface area contributed by atoms with Crippen LogP contribution in [0.3, 0.4) is 0 Å². The quantitative estimate of drug-likeness (QED) is 0.188. The van der Waals surface area contributed by atoms with E-state index in [0.717, 1.165) is 57.8 Å². The zero-order valence-corrected chi connectivity index (χ0v) is 35.5. The average Bonchev–Trinajstić information content (AvgIpc) is 3.88. The van der Waals surface area contributed by atoms with E-state index in [2.05, 4.69) is 156 Å². The molecule has 4 aromatic rings. The molecular formula is C56H51NS2. The summed E-state index contributed by atoms with van der Waals surface area (Å²) in [6.07, 6.45) is 53.3. The number of nitrogens with zero attached hydrogens (tertiary/aromatic N) is 1. The number of benzene rings is 2. The van der Waals surface area contributed by atoms with E-state index in [1.807, 2.05) is 11.3 Å². The molecule has 0 N–H and O–H groups in total. The Bertz CT molecular complexity index is 2970. The van der Waals surface area contributed by atoms with Gasteiger partial charge in [0.2, 0.25) is 0 Å². The van der Waals surface area contributed by atoms with Crippen LogP contribution in [0.5, 0.6) is 0 Å². The summed E-state index contributed by atoms with van der Waals surface area (Å²) in [5, 5.41) is 5.84. The molecule has 0 bridgehead atoms. The summed E-state index contributed by atoms with van der Waals surface area (Å²) >= 11 is 4.04. The van der Waals surface area contributed by atoms with Gasteiger partial charge in [-0.2, -0.15) is 0 Å². The van der Waals surface area contributed by atoms with Gasteiger partial charge in [-0.05, 0) is 167 Å². The molecule has 4 unspecified atom stereocenters. The van der Waals surface area contributed by atoms with E-state index < -0.39 is 0 Å². The van der Waals surface area contributed by atoms with Gasteiger partial charge in [0, 0.05) is 37.7 Å². The Morgan fingerprint density at radius 2 is 1.59 bits per heavy atom. The summed E-state index contributed by atoms with van der Waals surface area (Å²) in [7, 11) is 0. The molecule has 0 saturated carbocycles. The van der Waals surface area contributed by atoms with Crippen LogP contribution in [0.15, 0.2) is 138 Å². The maximum absolute atomic E-state index is 2.79. The SMILES string of the molecule is C1=CC(C2=CCCc3c2sc2c3=CCCC=2N(C2=CCC(c3ccc4sc5c(c4c3)CCC=C5)C=C2)C2C=CC(C3C=c4ccccc4=C4C=CCCC43)=CC2)=CCC1. The second kappa shape index (κ2) is 14.9. The number of hydrogen-bond acceptors (Lipinski definition) is 3. The highest BCUT2D eigenvalue weighted by Gasteiger charge is 2.33. The van der Waals surface area contributed by atoms with Gasteiger partial charge in [0.15, 0.2) is 0 Å². The summed E-state index contributed by atoms with van der Waals surface area (Å²) < 4.78 is 2.95. The van der Waals surface area contributed by atoms with Crippen molar-refractivity contribution in [1.29, 1.82) is 0 Å². The molecule has 2 heterocycles. The lowest BCUT2D eigenvalue weighted by Gasteiger charge is -2.39. The highest BCUT2D eigenvalue weighted by Crippen LogP contribution is 2.43. The molecule has 0 aliphatic heterocycles. The van der Waals surface area contributed by atoms with Gasteiger partial charge in [-0.25, -0.2) is 0 Å². The van der Waals surface area contributed by atoms with E-state index in [1.54, 1.807) is 11.1 Å². The van der Waals surface area contributed by atoms with Crippen molar-refractivity contribution in [3.8, 4) is 0 Å². The van der Waals surface area contributed by atoms with Crippen LogP contribution in [0.4, 0.5) is 0 Å². The number of aryl methyl sites for hydroxylation is 1. The number of thiophene rings is 2. The van der Waals surface area contributed by atoms with Crippen molar-refractivity contribution < 1.29 is 0 Å². The normalized spacial score (nSPS) is 25.1. The third-order valence-corrected chi connectivity index (χ3v) is 16.8. The molecule has 12 rings (SSSR count). The number of hydrogen-bond donors (Lipinski definition) is 0. The summed E-state index contributed by atoms with van der Waals surface area (Å²) in [6, 6.07) is 16.7. The first-order valence-corrected chi connectivity index (χ1v) is 24.1. The summed E-state index contributed by atoms with van der Waals surface area (Å²) in [5.74, 6) is 1.37. The van der Waals surface area contributed by atoms with Crippen LogP contribution in [0, 0.1) is 11.8 Å². The fraction of sp³-hybridized carbons (Fsp3) is 0.286. The summed E-state index contributed by atoms with van der Waals surface area (Å²) in [6.45, 7) is 0. The topological polar surface area (TPSA) is 3.24 Å². The van der Waals surface area contributed by atoms with Crippen LogP contribution in [-0.2, 0) is 12.8 Å². The van der Waals surface area contributed by atoms with Crippen molar-refractivity contribution >= 4 is 67.8 Å². The van der Waals surface area contributed by atoms with Crippen LogP contribution >= 0.6 is 22.7 Å². The highest BCUT2D eigenvalue weighted by atomic mass is 32.1. The molecule has 2 aromatic heterocycles. The minimum Gasteiger partial charge on any atom is -0.337 e. The van der Waals surface area contributed by atoms with Crippen LogP contribution in [0.1, 0.15) is 96.6 Å². The molecule has 0 amide bonds. The van der Waals surface area contributed by atoms with Gasteiger partial charge in [0.25, 0.3) is 0 Å². The molecule has 3 heteroatoms. The zero-order chi connectivity index (χ0) is 38.9. The third-order valence-electron chi connectivity index (χ3n) is 14.3. The molecule has 2 aromatic carbocycles. The largest absolute Gasteiger partial charge is 0.337 e. The minimum atomic E-state index is 0.276. The Morgan fingerprint density at radius 3 is 2.49 bits per heavy atom. The fourth-order valence-electron chi connectivity index (χ4n) is 11.4. The van der Waals surface area contributed by atoms with Crippen LogP contribution in [0.2, 0.25) is 0 Å². The van der Waals surface area contributed by atoms with E-state index in [9.17, 15) is 0 Å². The van der Waals surface area contributed by atoms with Gasteiger partial charge >= 0.3 is 0 Å². The third kappa shape index (κ3) is 6.22. The first kappa shape index (κ1) is 35.9. The molecule has 0 spiro atoms. The lowest BCUT2D eigenvalue weighted by Crippen LogP contribution is -2.40. The van der Waals surface area contributed by atoms with Gasteiger partial charge in [-0.15, -0.1) is 22.7 Å². The van der Waals surface area contributed by atoms with E-state index in [0.29, 0.717) is 17.8 Å². The van der Waals surface area contributed by atoms with Crippen LogP contribution < -0.4 is 20.2 Å². The smallest absolute Gasteiger partial charge is 0.0557 e. The summed E-state index contributed by atoms with van der Waals surface area (Å²) in [4.78, 5) is 5.77. The first-order chi connectivity index (χ1) is 29.2. The Balaban J connectivity index is 0.922. The van der Waals surface area contributed by atoms with E-state index >= 15 is 0 Å². The number of allylic oxidation sites excluding steroid dienone is 14. The maximum atomic E-state index is 2.79. The predicted octanol–water partition coefficient (Wildman–Crippen LogP) is 11.6. The molecule has 8 aliphatic rings. The van der Waals surface area contributed by atoms with Crippen molar-refractivity contribution in [3.05, 3.63) is 185 Å². The predicted molar refractivity (Wildman–Crippen MR) is 254 cm³/mol. The second-order valence-corrected chi connectivity index (χ2v) is 19.8. The molecular weight excluding hydrogens is 751 g/mol. The zero-order valence-electron chi connectivity index (χ0n) is 33.8. The minimum absolute atomic E-state index is 0.276. The van der Waals surface area contributed by atoms with Gasteiger partial charge in [-0.3, -0.25) is 0 Å². The van der Waals surface area contributed by atoms with Gasteiger partial charge in [-0.1, -0.05) is 115 Å². The molecule has 292 valence electrons. The van der Waals surface area contributed by atoms with Gasteiger partial charge in [0.05, 0.1) is 10.6 Å². The molecule has 0 saturated heterocycles. The monoisotopic (exact) mass is 801 g/mol. The van der Waals surface area contributed by atoms with Crippen molar-refractivity contribution in [1.82, 2.24) is 4.90 Å². The van der Waals surface area contributed by atoms with E-state index in [1.165, 1.54) is 98.5 Å². The van der Waals surface area contributed by atoms with Crippen LogP contribution in [-0.4, -0.2) is 10.9 Å². The second-order valence-electron chi connectivity index (χ2n) is 17.7. The molecule has 8 aliphatic carbocycles. The van der Waals surface area contributed by atoms with Gasteiger partial charge < -0.3 is 4.90 Å². The highest BCUT2D eigenvalue weighted by molar-refractivity contribution is 7.20. The average molecular weight is 802 g/mol. The molecule has 59 heavy (non-hydrogen) atoms. The first-order valence-electron chi connectivity index (χ1n) is 22.4. The molecule has 1 nitrogen and oxygen atoms in total. The number of rotatable bonds is 6. The fourth-order valence-corrected chi connectivity index (χ4v) is 14.1. The van der Waals surface area contributed by atoms with Crippen molar-refractivity contribution in [2.45, 2.75) is 89.0 Å². The lowest BCUT2D eigenvalue weighted by atomic mass is 9.71. The Hall–Kier alpha value is -4.96. The number of fused-ring (bicyclic) bond motifs is 8. The molecule has 0 radical (unpaired) electrons. The van der Waals surface area contributed by atoms with Crippen molar-refractivity contribution in [3.63, 3.8) is 0 Å². The van der Waals surface area contributed by atoms with Crippen molar-refractivity contribution in [2.24, 2.45) is 11.8 Å². The molecule has 4 atom stereocenters. The lowest BCUT2D eigenvalue weighted by molar-refractivity contribution is 0.402. The van der Waals surface area contributed by atoms with Crippen molar-refractivity contribution in [2.75, 3.05) is 0 Å². The standard InChI is InChI=1S/C56H51NS2/c1-2-12-37(13-3-1)44-19-10-20-48-49-21-11-22-52(56(49)59-55(44)48)57(41-29-24-36(25-30-41)39-28-33-54-51(34-39)47-18-8-9-23-53(47)58-54)42-31-26-38(27-32-42)50-35-40-14-4-5-15-43(40)45-16-6-7-17-46(45)50/h2,4-6,9,12-16,19,21,23-24,26-31,33-36,42,46,50H,1,3,7-8,10-11,17-18,20,22,25,32H2. The molecule has 0 fully saturated rings. The van der Waals surface area contributed by atoms with E-state index in [-0.39, 0.29) is 6.04 Å². The van der Waals surface area contributed by atoms with Crippen LogP contribution in [0.25, 0.3) is 45.2 Å². The van der Waals surface area contributed by atoms with Gasteiger partial charge in [0.1, 0.15) is 0 Å². The Labute approximate surface area is 356 Å². The Kier molecular flexibility index (Phi) is 9.10.